The molecule has 0 spiro atoms. The van der Waals surface area contributed by atoms with Crippen LogP contribution < -0.4 is 9.13 Å². The normalized spacial score (nSPS) is 15.1. The lowest BCUT2D eigenvalue weighted by Gasteiger charge is -2.39. The highest BCUT2D eigenvalue weighted by molar-refractivity contribution is 5.11. The third-order valence-electron chi connectivity index (χ3n) is 9.52. The lowest BCUT2D eigenvalue weighted by Crippen LogP contribution is -2.70. The van der Waals surface area contributed by atoms with E-state index in [1.807, 2.05) is 0 Å². The summed E-state index contributed by atoms with van der Waals surface area (Å²) in [6.07, 6.45) is -16.4. The minimum atomic E-state index is -8.02. The largest absolute Gasteiger partial charge is 0.460 e. The molecule has 0 unspecified atom stereocenters. The first kappa shape index (κ1) is 54.6. The molecule has 2 rings (SSSR count). The van der Waals surface area contributed by atoms with Crippen LogP contribution in [0.2, 0.25) is 0 Å². The van der Waals surface area contributed by atoms with Gasteiger partial charge in [0.2, 0.25) is 0 Å². The molecule has 0 N–H and O–H groups in total. The van der Waals surface area contributed by atoms with Crippen LogP contribution in [0, 0.1) is 0 Å². The highest BCUT2D eigenvalue weighted by atomic mass is 19.4. The van der Waals surface area contributed by atoms with E-state index >= 15 is 0 Å². The summed E-state index contributed by atoms with van der Waals surface area (Å²) in [7, 11) is 0. The number of nitrogens with zero attached hydrogens (tertiary/aromatic N) is 2. The minimum absolute atomic E-state index is 0.0448. The average molecular weight is 963 g/mol. The van der Waals surface area contributed by atoms with Gasteiger partial charge in [0.1, 0.15) is 0 Å². The van der Waals surface area contributed by atoms with Crippen LogP contribution >= 0.6 is 0 Å². The number of alkyl halides is 26. The van der Waals surface area contributed by atoms with Crippen molar-refractivity contribution >= 4 is 0 Å². The third kappa shape index (κ3) is 10.1. The summed E-state index contributed by atoms with van der Waals surface area (Å²) >= 11 is 0. The van der Waals surface area contributed by atoms with Crippen molar-refractivity contribution in [1.82, 2.24) is 0 Å². The van der Waals surface area contributed by atoms with Gasteiger partial charge in [0, 0.05) is 37.1 Å². The molecule has 0 aromatic carbocycles. The van der Waals surface area contributed by atoms with E-state index in [0.29, 0.717) is 25.7 Å². The predicted octanol–water partition coefficient (Wildman–Crippen LogP) is 12.6. The van der Waals surface area contributed by atoms with Gasteiger partial charge < -0.3 is 0 Å². The van der Waals surface area contributed by atoms with Gasteiger partial charge in [0.15, 0.2) is 36.9 Å². The smallest absolute Gasteiger partial charge is 0.202 e. The Labute approximate surface area is 332 Å². The van der Waals surface area contributed by atoms with Crippen LogP contribution in [-0.4, -0.2) is 71.6 Å². The lowest BCUT2D eigenvalue weighted by atomic mass is 9.92. The Morgan fingerprint density at radius 2 is 0.565 bits per heavy atom. The molecule has 62 heavy (non-hydrogen) atoms. The number of hydrogen-bond acceptors (Lipinski definition) is 0. The summed E-state index contributed by atoms with van der Waals surface area (Å²) in [6.45, 7) is -2.70. The first-order valence-electron chi connectivity index (χ1n) is 17.5. The molecule has 0 aliphatic heterocycles. The van der Waals surface area contributed by atoms with Crippen molar-refractivity contribution in [2.75, 3.05) is 0 Å². The zero-order valence-electron chi connectivity index (χ0n) is 30.8. The highest BCUT2D eigenvalue weighted by Crippen LogP contribution is 2.62. The molecule has 2 aromatic rings. The van der Waals surface area contributed by atoms with Crippen molar-refractivity contribution in [3.05, 3.63) is 60.2 Å². The number of hydrogen-bond donors (Lipinski definition) is 0. The van der Waals surface area contributed by atoms with Crippen LogP contribution in [0.1, 0.15) is 62.8 Å². The number of pyridine rings is 2. The van der Waals surface area contributed by atoms with E-state index < -0.39 is 97.5 Å². The first-order chi connectivity index (χ1) is 27.6. The molecule has 2 aromatic heterocycles. The average Bonchev–Trinajstić information content (AvgIpc) is 3.13. The van der Waals surface area contributed by atoms with E-state index in [-0.39, 0.29) is 37.1 Å². The molecular weight excluding hydrogens is 930 g/mol. The number of aromatic nitrogens is 2. The molecule has 2 nitrogen and oxygen atoms in total. The summed E-state index contributed by atoms with van der Waals surface area (Å²) in [5.74, 6) is -75.0. The van der Waals surface area contributed by atoms with Gasteiger partial charge in [0.05, 0.1) is 12.8 Å². The maximum Gasteiger partial charge on any atom is 0.460 e. The molecule has 2 heterocycles. The van der Waals surface area contributed by atoms with Crippen LogP contribution in [0.4, 0.5) is 114 Å². The monoisotopic (exact) mass is 962 g/mol. The van der Waals surface area contributed by atoms with Crippen molar-refractivity contribution < 1.29 is 123 Å². The van der Waals surface area contributed by atoms with Crippen molar-refractivity contribution in [2.45, 2.75) is 149 Å². The van der Waals surface area contributed by atoms with Crippen LogP contribution in [0.5, 0.6) is 0 Å². The topological polar surface area (TPSA) is 7.76 Å². The van der Waals surface area contributed by atoms with Gasteiger partial charge in [-0.25, -0.2) is 9.13 Å². The molecule has 0 saturated carbocycles. The summed E-state index contributed by atoms with van der Waals surface area (Å²) in [5, 5.41) is 0. The molecule has 0 aliphatic rings. The van der Waals surface area contributed by atoms with E-state index in [4.69, 9.17) is 0 Å². The fourth-order valence-corrected chi connectivity index (χ4v) is 5.67. The van der Waals surface area contributed by atoms with E-state index in [9.17, 15) is 114 Å². The van der Waals surface area contributed by atoms with Crippen LogP contribution in [0.25, 0.3) is 0 Å². The fraction of sp³-hybridized carbons (Fsp3) is 0.706. The molecule has 0 fully saturated rings. The van der Waals surface area contributed by atoms with Gasteiger partial charge in [-0.2, -0.15) is 114 Å². The van der Waals surface area contributed by atoms with Gasteiger partial charge in [-0.05, 0) is 12.8 Å². The zero-order chi connectivity index (χ0) is 48.5. The molecule has 358 valence electrons. The van der Waals surface area contributed by atoms with Crippen molar-refractivity contribution in [3.8, 4) is 0 Å². The van der Waals surface area contributed by atoms with Crippen molar-refractivity contribution in [3.63, 3.8) is 0 Å². The Balaban J connectivity index is 1.97. The second-order valence-electron chi connectivity index (χ2n) is 13.9. The number of unbranched alkanes of at least 4 members (excludes halogenated alkanes) is 5. The summed E-state index contributed by atoms with van der Waals surface area (Å²) in [5.41, 5.74) is 0.113. The quantitative estimate of drug-likeness (QED) is 0.0596. The van der Waals surface area contributed by atoms with Crippen molar-refractivity contribution in [2.24, 2.45) is 0 Å². The molecule has 28 heteroatoms. The second kappa shape index (κ2) is 18.2. The van der Waals surface area contributed by atoms with E-state index in [0.717, 1.165) is 33.7 Å². The van der Waals surface area contributed by atoms with Crippen LogP contribution in [-0.2, 0) is 25.9 Å². The molecule has 0 saturated heterocycles. The summed E-state index contributed by atoms with van der Waals surface area (Å²) < 4.78 is 351. The van der Waals surface area contributed by atoms with E-state index in [1.54, 1.807) is 0 Å². The van der Waals surface area contributed by atoms with Gasteiger partial charge >= 0.3 is 71.6 Å². The summed E-state index contributed by atoms with van der Waals surface area (Å²) in [6, 6.07) is 7.28. The van der Waals surface area contributed by atoms with Gasteiger partial charge in [0.25, 0.3) is 0 Å². The Bertz CT molecular complexity index is 1640. The molecule has 0 atom stereocenters. The van der Waals surface area contributed by atoms with E-state index in [2.05, 4.69) is 0 Å². The SMILES string of the molecule is FC(F)(F)C(F)(F)C(F)(F)C(F)(F)C(F)(F)C(F)(F)CC[n+]1ccccc1CCCCCCCCc1cccc[n+]1CCC(F)(F)C(F)(F)C(F)(F)C(F)(F)C(F)(F)C(F)(F)F. The van der Waals surface area contributed by atoms with Crippen LogP contribution in [0.3, 0.4) is 0 Å². The zero-order valence-corrected chi connectivity index (χ0v) is 30.8. The van der Waals surface area contributed by atoms with Gasteiger partial charge in [-0.3, -0.25) is 0 Å². The molecule has 0 aliphatic carbocycles. The first-order valence-corrected chi connectivity index (χ1v) is 17.5. The summed E-state index contributed by atoms with van der Waals surface area (Å²) in [4.78, 5) is 0. The Kier molecular flexibility index (Phi) is 16.0. The maximum atomic E-state index is 14.3. The highest BCUT2D eigenvalue weighted by Gasteiger charge is 2.92. The van der Waals surface area contributed by atoms with Crippen molar-refractivity contribution in [1.29, 1.82) is 0 Å². The molecule has 0 bridgehead atoms. The van der Waals surface area contributed by atoms with E-state index in [1.165, 1.54) is 24.3 Å². The lowest BCUT2D eigenvalue weighted by molar-refractivity contribution is -0.707. The Morgan fingerprint density at radius 1 is 0.306 bits per heavy atom. The Hall–Kier alpha value is -3.52. The van der Waals surface area contributed by atoms with Crippen LogP contribution in [0.15, 0.2) is 48.8 Å². The maximum absolute atomic E-state index is 14.3. The predicted molar refractivity (Wildman–Crippen MR) is 159 cm³/mol. The number of aryl methyl sites for hydroxylation is 4. The Morgan fingerprint density at radius 3 is 0.839 bits per heavy atom. The number of halogens is 26. The van der Waals surface area contributed by atoms with Gasteiger partial charge in [-0.1, -0.05) is 37.8 Å². The minimum Gasteiger partial charge on any atom is -0.202 e. The molecule has 0 radical (unpaired) electrons. The number of rotatable bonds is 23. The molecular formula is C34H32F26N2+2. The second-order valence-corrected chi connectivity index (χ2v) is 13.9. The van der Waals surface area contributed by atoms with Gasteiger partial charge in [-0.15, -0.1) is 0 Å². The molecule has 0 amide bonds. The fourth-order valence-electron chi connectivity index (χ4n) is 5.67. The third-order valence-corrected chi connectivity index (χ3v) is 9.52. The standard InChI is InChI=1S/C34H32F26N2/c35-23(36,25(39,40)27(43,44)29(47,48)31(51,52)33(55,56)57)15-19-61-17-9-7-13-21(61)11-5-3-1-2-4-6-12-22-14-8-10-18-62(22)20-16-24(37,38)26(41,42)28(45,46)30(49,50)32(53,54)34(58,59)60/h7-10,13-14,17-18H,1-6,11-12,15-16,19-20H2/q+2.